The molecule has 1 aromatic rings. The standard InChI is InChI=1S/C12H13NO5/c14-12(18-8-11-5-2-6-17-11)9-3-1-4-10(7-9)13(15)16/h1,3-4,7,11H,2,5-6,8H2/t11-/m0/s1. The number of hydrogen-bond acceptors (Lipinski definition) is 5. The number of carbonyl (C=O) groups is 1. The third kappa shape index (κ3) is 3.04. The largest absolute Gasteiger partial charge is 0.459 e. The van der Waals surface area contributed by atoms with E-state index in [0.29, 0.717) is 6.61 Å². The molecule has 96 valence electrons. The number of carbonyl (C=O) groups excluding carboxylic acids is 1. The fourth-order valence-electron chi connectivity index (χ4n) is 1.77. The molecule has 0 radical (unpaired) electrons. The van der Waals surface area contributed by atoms with Gasteiger partial charge in [0.1, 0.15) is 6.61 Å². The van der Waals surface area contributed by atoms with Gasteiger partial charge in [-0.25, -0.2) is 4.79 Å². The highest BCUT2D eigenvalue weighted by Gasteiger charge is 2.19. The highest BCUT2D eigenvalue weighted by molar-refractivity contribution is 5.90. The van der Waals surface area contributed by atoms with E-state index in [1.807, 2.05) is 0 Å². The Labute approximate surface area is 104 Å². The Morgan fingerprint density at radius 2 is 2.39 bits per heavy atom. The topological polar surface area (TPSA) is 78.7 Å². The van der Waals surface area contributed by atoms with Crippen molar-refractivity contribution in [3.8, 4) is 0 Å². The first kappa shape index (κ1) is 12.5. The predicted molar refractivity (Wildman–Crippen MR) is 62.4 cm³/mol. The molecule has 1 aliphatic heterocycles. The van der Waals surface area contributed by atoms with E-state index in [-0.39, 0.29) is 24.0 Å². The van der Waals surface area contributed by atoms with E-state index >= 15 is 0 Å². The first-order chi connectivity index (χ1) is 8.66. The van der Waals surface area contributed by atoms with Gasteiger partial charge in [-0.2, -0.15) is 0 Å². The first-order valence-electron chi connectivity index (χ1n) is 5.70. The Balaban J connectivity index is 1.95. The second-order valence-corrected chi connectivity index (χ2v) is 4.04. The van der Waals surface area contributed by atoms with Crippen molar-refractivity contribution in [2.24, 2.45) is 0 Å². The SMILES string of the molecule is O=C(OC[C@@H]1CCCO1)c1cccc([N+](=O)[O-])c1. The van der Waals surface area contributed by atoms with Gasteiger partial charge in [0.25, 0.3) is 5.69 Å². The zero-order chi connectivity index (χ0) is 13.0. The van der Waals surface area contributed by atoms with Crippen molar-refractivity contribution in [2.75, 3.05) is 13.2 Å². The summed E-state index contributed by atoms with van der Waals surface area (Å²) in [6, 6.07) is 5.49. The summed E-state index contributed by atoms with van der Waals surface area (Å²) in [5, 5.41) is 10.6. The Kier molecular flexibility index (Phi) is 3.88. The molecule has 2 rings (SSSR count). The van der Waals surface area contributed by atoms with Crippen LogP contribution in [0.3, 0.4) is 0 Å². The number of hydrogen-bond donors (Lipinski definition) is 0. The normalized spacial score (nSPS) is 18.6. The van der Waals surface area contributed by atoms with Crippen molar-refractivity contribution in [1.82, 2.24) is 0 Å². The molecule has 0 aliphatic carbocycles. The van der Waals surface area contributed by atoms with Gasteiger partial charge in [-0.1, -0.05) is 6.07 Å². The molecule has 0 unspecified atom stereocenters. The number of benzene rings is 1. The second kappa shape index (κ2) is 5.59. The highest BCUT2D eigenvalue weighted by atomic mass is 16.6. The summed E-state index contributed by atoms with van der Waals surface area (Å²) in [6.07, 6.45) is 1.80. The zero-order valence-corrected chi connectivity index (χ0v) is 9.70. The summed E-state index contributed by atoms with van der Waals surface area (Å²) in [7, 11) is 0. The third-order valence-electron chi connectivity index (χ3n) is 2.72. The van der Waals surface area contributed by atoms with Crippen LogP contribution in [0.5, 0.6) is 0 Å². The summed E-state index contributed by atoms with van der Waals surface area (Å²) < 4.78 is 10.4. The molecule has 0 N–H and O–H groups in total. The Hall–Kier alpha value is -1.95. The number of ether oxygens (including phenoxy) is 2. The van der Waals surface area contributed by atoms with Crippen LogP contribution in [0.15, 0.2) is 24.3 Å². The summed E-state index contributed by atoms with van der Waals surface area (Å²) in [4.78, 5) is 21.7. The maximum Gasteiger partial charge on any atom is 0.338 e. The van der Waals surface area contributed by atoms with Gasteiger partial charge in [-0.3, -0.25) is 10.1 Å². The van der Waals surface area contributed by atoms with Crippen molar-refractivity contribution in [2.45, 2.75) is 18.9 Å². The first-order valence-corrected chi connectivity index (χ1v) is 5.70. The van der Waals surface area contributed by atoms with E-state index in [2.05, 4.69) is 0 Å². The molecule has 1 aromatic carbocycles. The Bertz CT molecular complexity index is 454. The van der Waals surface area contributed by atoms with Gasteiger partial charge in [0, 0.05) is 18.7 Å². The van der Waals surface area contributed by atoms with E-state index in [1.54, 1.807) is 0 Å². The number of nitrogens with zero attached hydrogens (tertiary/aromatic N) is 1. The van der Waals surface area contributed by atoms with Crippen LogP contribution in [0.1, 0.15) is 23.2 Å². The molecule has 18 heavy (non-hydrogen) atoms. The van der Waals surface area contributed by atoms with E-state index in [4.69, 9.17) is 9.47 Å². The number of rotatable bonds is 4. The molecule has 0 amide bonds. The average molecular weight is 251 g/mol. The molecule has 1 fully saturated rings. The van der Waals surface area contributed by atoms with Gasteiger partial charge in [-0.05, 0) is 18.9 Å². The minimum absolute atomic E-state index is 0.0485. The van der Waals surface area contributed by atoms with Crippen molar-refractivity contribution in [3.05, 3.63) is 39.9 Å². The second-order valence-electron chi connectivity index (χ2n) is 4.04. The fourth-order valence-corrected chi connectivity index (χ4v) is 1.77. The zero-order valence-electron chi connectivity index (χ0n) is 9.70. The lowest BCUT2D eigenvalue weighted by atomic mass is 10.2. The van der Waals surface area contributed by atoms with Crippen LogP contribution in [0, 0.1) is 10.1 Å². The molecular formula is C12H13NO5. The monoisotopic (exact) mass is 251 g/mol. The number of nitro groups is 1. The minimum Gasteiger partial charge on any atom is -0.459 e. The number of nitro benzene ring substituents is 1. The van der Waals surface area contributed by atoms with Crippen molar-refractivity contribution in [3.63, 3.8) is 0 Å². The van der Waals surface area contributed by atoms with E-state index in [1.165, 1.54) is 24.3 Å². The molecule has 6 nitrogen and oxygen atoms in total. The Morgan fingerprint density at radius 3 is 3.06 bits per heavy atom. The smallest absolute Gasteiger partial charge is 0.338 e. The number of non-ortho nitro benzene ring substituents is 1. The summed E-state index contributed by atoms with van der Waals surface area (Å²) >= 11 is 0. The van der Waals surface area contributed by atoms with Gasteiger partial charge >= 0.3 is 5.97 Å². The van der Waals surface area contributed by atoms with Crippen LogP contribution in [-0.4, -0.2) is 30.2 Å². The molecule has 0 aromatic heterocycles. The molecule has 1 saturated heterocycles. The molecule has 0 bridgehead atoms. The van der Waals surface area contributed by atoms with Crippen molar-refractivity contribution >= 4 is 11.7 Å². The minimum atomic E-state index is -0.561. The maximum atomic E-state index is 11.7. The summed E-state index contributed by atoms with van der Waals surface area (Å²) in [5.41, 5.74) is 0.0590. The van der Waals surface area contributed by atoms with Crippen LogP contribution in [0.4, 0.5) is 5.69 Å². The molecular weight excluding hydrogens is 238 g/mol. The van der Waals surface area contributed by atoms with Crippen LogP contribution < -0.4 is 0 Å². The predicted octanol–water partition coefficient (Wildman–Crippen LogP) is 1.93. The highest BCUT2D eigenvalue weighted by Crippen LogP contribution is 2.16. The molecule has 1 heterocycles. The quantitative estimate of drug-likeness (QED) is 0.464. The van der Waals surface area contributed by atoms with Crippen LogP contribution in [-0.2, 0) is 9.47 Å². The van der Waals surface area contributed by atoms with Crippen molar-refractivity contribution < 1.29 is 19.2 Å². The number of esters is 1. The molecule has 1 atom stereocenters. The lowest BCUT2D eigenvalue weighted by Crippen LogP contribution is -2.17. The van der Waals surface area contributed by atoms with Gasteiger partial charge < -0.3 is 9.47 Å². The van der Waals surface area contributed by atoms with Gasteiger partial charge in [-0.15, -0.1) is 0 Å². The van der Waals surface area contributed by atoms with Crippen molar-refractivity contribution in [1.29, 1.82) is 0 Å². The summed E-state index contributed by atoms with van der Waals surface area (Å²) in [6.45, 7) is 0.889. The molecule has 0 saturated carbocycles. The summed E-state index contributed by atoms with van der Waals surface area (Å²) in [5.74, 6) is -0.561. The van der Waals surface area contributed by atoms with Gasteiger partial charge in [0.15, 0.2) is 0 Å². The van der Waals surface area contributed by atoms with E-state index in [9.17, 15) is 14.9 Å². The maximum absolute atomic E-state index is 11.7. The third-order valence-corrected chi connectivity index (χ3v) is 2.72. The lowest BCUT2D eigenvalue weighted by molar-refractivity contribution is -0.384. The van der Waals surface area contributed by atoms with E-state index in [0.717, 1.165) is 12.8 Å². The van der Waals surface area contributed by atoms with Crippen LogP contribution in [0.25, 0.3) is 0 Å². The fraction of sp³-hybridized carbons (Fsp3) is 0.417. The van der Waals surface area contributed by atoms with E-state index < -0.39 is 10.9 Å². The van der Waals surface area contributed by atoms with Crippen LogP contribution in [0.2, 0.25) is 0 Å². The van der Waals surface area contributed by atoms with Gasteiger partial charge in [0.05, 0.1) is 16.6 Å². The molecule has 1 aliphatic rings. The average Bonchev–Trinajstić information content (AvgIpc) is 2.89. The van der Waals surface area contributed by atoms with Crippen LogP contribution >= 0.6 is 0 Å². The lowest BCUT2D eigenvalue weighted by Gasteiger charge is -2.09. The molecule has 0 spiro atoms. The Morgan fingerprint density at radius 1 is 1.56 bits per heavy atom. The molecule has 6 heteroatoms. The van der Waals surface area contributed by atoms with Gasteiger partial charge in [0.2, 0.25) is 0 Å².